The largest absolute Gasteiger partial charge is 0.458 e. The van der Waals surface area contributed by atoms with Gasteiger partial charge in [0.05, 0.1) is 0 Å². The first-order valence-electron chi connectivity index (χ1n) is 6.58. The normalized spacial score (nSPS) is 23.9. The quantitative estimate of drug-likeness (QED) is 0.853. The van der Waals surface area contributed by atoms with E-state index in [-0.39, 0.29) is 12.1 Å². The summed E-state index contributed by atoms with van der Waals surface area (Å²) in [6.07, 6.45) is 5.63. The summed E-state index contributed by atoms with van der Waals surface area (Å²) >= 11 is 1.41. The molecule has 2 N–H and O–H groups in total. The van der Waals surface area contributed by atoms with E-state index in [1.165, 1.54) is 24.2 Å². The van der Waals surface area contributed by atoms with Crippen molar-refractivity contribution in [2.24, 2.45) is 11.7 Å². The molecule has 0 saturated heterocycles. The Hall–Kier alpha value is -0.940. The van der Waals surface area contributed by atoms with Crippen LogP contribution in [0, 0.1) is 5.92 Å². The zero-order valence-electron chi connectivity index (χ0n) is 10.7. The van der Waals surface area contributed by atoms with Crippen molar-refractivity contribution >= 4 is 17.3 Å². The second kappa shape index (κ2) is 6.29. The summed E-state index contributed by atoms with van der Waals surface area (Å²) in [6, 6.07) is 0. The first-order chi connectivity index (χ1) is 8.72. The fourth-order valence-corrected chi connectivity index (χ4v) is 3.07. The Morgan fingerprint density at radius 3 is 3.11 bits per heavy atom. The molecule has 0 bridgehead atoms. The maximum Gasteiger partial charge on any atom is 0.358 e. The zero-order valence-corrected chi connectivity index (χ0v) is 11.5. The Morgan fingerprint density at radius 2 is 2.44 bits per heavy atom. The van der Waals surface area contributed by atoms with Crippen molar-refractivity contribution in [2.45, 2.75) is 51.7 Å². The summed E-state index contributed by atoms with van der Waals surface area (Å²) in [5.41, 5.74) is 5.88. The molecule has 4 nitrogen and oxygen atoms in total. The number of nitrogens with zero attached hydrogens (tertiary/aromatic N) is 1. The van der Waals surface area contributed by atoms with Gasteiger partial charge in [0.25, 0.3) is 0 Å². The van der Waals surface area contributed by atoms with E-state index in [1.807, 2.05) is 0 Å². The minimum Gasteiger partial charge on any atom is -0.458 e. The van der Waals surface area contributed by atoms with Crippen LogP contribution in [0.1, 0.15) is 54.5 Å². The molecule has 2 unspecified atom stereocenters. The molecule has 1 heterocycles. The highest BCUT2D eigenvalue weighted by molar-refractivity contribution is 7.09. The number of hydrogen-bond acceptors (Lipinski definition) is 5. The number of thiazole rings is 1. The van der Waals surface area contributed by atoms with E-state index in [2.05, 4.69) is 11.9 Å². The van der Waals surface area contributed by atoms with Gasteiger partial charge < -0.3 is 10.5 Å². The number of ether oxygens (including phenoxy) is 1. The van der Waals surface area contributed by atoms with Gasteiger partial charge in [0, 0.05) is 11.9 Å². The van der Waals surface area contributed by atoms with Gasteiger partial charge >= 0.3 is 5.97 Å². The second-order valence-corrected chi connectivity index (χ2v) is 5.74. The second-order valence-electron chi connectivity index (χ2n) is 4.80. The van der Waals surface area contributed by atoms with Gasteiger partial charge in [-0.25, -0.2) is 9.78 Å². The molecule has 0 radical (unpaired) electrons. The molecular weight excluding hydrogens is 248 g/mol. The van der Waals surface area contributed by atoms with Crippen LogP contribution >= 0.6 is 11.3 Å². The van der Waals surface area contributed by atoms with E-state index < -0.39 is 0 Å². The standard InChI is InChI=1S/C13H20N2O2S/c1-2-9-4-3-5-10(6-9)17-13(16)11-8-18-12(7-14)15-11/h8-10H,2-7,14H2,1H3. The van der Waals surface area contributed by atoms with E-state index in [1.54, 1.807) is 5.38 Å². The SMILES string of the molecule is CCC1CCCC(OC(=O)c2csc(CN)n2)C1. The molecule has 18 heavy (non-hydrogen) atoms. The summed E-state index contributed by atoms with van der Waals surface area (Å²) < 4.78 is 5.53. The average Bonchev–Trinajstić information content (AvgIpc) is 2.88. The Bertz CT molecular complexity index is 405. The number of carbonyl (C=O) groups is 1. The smallest absolute Gasteiger partial charge is 0.358 e. The highest BCUT2D eigenvalue weighted by atomic mass is 32.1. The van der Waals surface area contributed by atoms with Gasteiger partial charge in [0.1, 0.15) is 11.1 Å². The number of aromatic nitrogens is 1. The molecule has 0 amide bonds. The summed E-state index contributed by atoms with van der Waals surface area (Å²) in [5, 5.41) is 2.50. The molecule has 1 aromatic heterocycles. The fraction of sp³-hybridized carbons (Fsp3) is 0.692. The molecule has 100 valence electrons. The average molecular weight is 268 g/mol. The van der Waals surface area contributed by atoms with Gasteiger partial charge in [-0.05, 0) is 25.2 Å². The summed E-state index contributed by atoms with van der Waals surface area (Å²) in [5.74, 6) is 0.402. The Morgan fingerprint density at radius 1 is 1.61 bits per heavy atom. The Kier molecular flexibility index (Phi) is 4.72. The summed E-state index contributed by atoms with van der Waals surface area (Å²) in [4.78, 5) is 16.1. The van der Waals surface area contributed by atoms with Crippen molar-refractivity contribution in [3.05, 3.63) is 16.1 Å². The predicted molar refractivity (Wildman–Crippen MR) is 71.5 cm³/mol. The Balaban J connectivity index is 1.90. The molecular formula is C13H20N2O2S. The molecule has 0 spiro atoms. The van der Waals surface area contributed by atoms with Gasteiger partial charge in [0.2, 0.25) is 0 Å². The number of nitrogens with two attached hydrogens (primary N) is 1. The first-order valence-corrected chi connectivity index (χ1v) is 7.46. The number of esters is 1. The molecule has 1 aliphatic rings. The highest BCUT2D eigenvalue weighted by Crippen LogP contribution is 2.29. The van der Waals surface area contributed by atoms with Crippen LogP contribution < -0.4 is 5.73 Å². The zero-order chi connectivity index (χ0) is 13.0. The van der Waals surface area contributed by atoms with Crippen molar-refractivity contribution in [3.63, 3.8) is 0 Å². The topological polar surface area (TPSA) is 65.2 Å². The maximum absolute atomic E-state index is 11.9. The summed E-state index contributed by atoms with van der Waals surface area (Å²) in [6.45, 7) is 2.57. The maximum atomic E-state index is 11.9. The van der Waals surface area contributed by atoms with E-state index in [0.29, 0.717) is 18.2 Å². The molecule has 2 rings (SSSR count). The van der Waals surface area contributed by atoms with Gasteiger partial charge in [-0.2, -0.15) is 0 Å². The van der Waals surface area contributed by atoms with E-state index in [4.69, 9.17) is 10.5 Å². The van der Waals surface area contributed by atoms with Crippen LogP contribution in [-0.2, 0) is 11.3 Å². The van der Waals surface area contributed by atoms with E-state index >= 15 is 0 Å². The lowest BCUT2D eigenvalue weighted by Crippen LogP contribution is -2.25. The fourth-order valence-electron chi connectivity index (χ4n) is 2.43. The van der Waals surface area contributed by atoms with Crippen molar-refractivity contribution in [3.8, 4) is 0 Å². The van der Waals surface area contributed by atoms with Crippen molar-refractivity contribution in [1.82, 2.24) is 4.98 Å². The molecule has 0 aliphatic heterocycles. The minimum absolute atomic E-state index is 0.0687. The predicted octanol–water partition coefficient (Wildman–Crippen LogP) is 2.73. The minimum atomic E-state index is -0.298. The first kappa shape index (κ1) is 13.5. The highest BCUT2D eigenvalue weighted by Gasteiger charge is 2.25. The third kappa shape index (κ3) is 3.29. The van der Waals surface area contributed by atoms with Crippen LogP contribution in [0.15, 0.2) is 5.38 Å². The molecule has 1 aromatic rings. The van der Waals surface area contributed by atoms with Gasteiger partial charge in [-0.3, -0.25) is 0 Å². The van der Waals surface area contributed by atoms with E-state index in [9.17, 15) is 4.79 Å². The number of hydrogen-bond donors (Lipinski definition) is 1. The van der Waals surface area contributed by atoms with Crippen LogP contribution in [0.3, 0.4) is 0 Å². The molecule has 2 atom stereocenters. The lowest BCUT2D eigenvalue weighted by Gasteiger charge is -2.27. The Labute approximate surface area is 112 Å². The number of rotatable bonds is 4. The third-order valence-electron chi connectivity index (χ3n) is 3.52. The van der Waals surface area contributed by atoms with Crippen LogP contribution in [-0.4, -0.2) is 17.1 Å². The van der Waals surface area contributed by atoms with Gasteiger partial charge in [0.15, 0.2) is 5.69 Å². The molecule has 1 saturated carbocycles. The number of carbonyl (C=O) groups excluding carboxylic acids is 1. The van der Waals surface area contributed by atoms with Crippen molar-refractivity contribution < 1.29 is 9.53 Å². The van der Waals surface area contributed by atoms with Gasteiger partial charge in [-0.15, -0.1) is 11.3 Å². The third-order valence-corrected chi connectivity index (χ3v) is 4.39. The van der Waals surface area contributed by atoms with E-state index in [0.717, 1.165) is 24.3 Å². The lowest BCUT2D eigenvalue weighted by atomic mass is 9.85. The molecule has 1 aliphatic carbocycles. The monoisotopic (exact) mass is 268 g/mol. The lowest BCUT2D eigenvalue weighted by molar-refractivity contribution is 0.0134. The van der Waals surface area contributed by atoms with Crippen LogP contribution in [0.2, 0.25) is 0 Å². The molecule has 1 fully saturated rings. The molecule has 0 aromatic carbocycles. The van der Waals surface area contributed by atoms with Crippen LogP contribution in [0.25, 0.3) is 0 Å². The van der Waals surface area contributed by atoms with Crippen molar-refractivity contribution in [1.29, 1.82) is 0 Å². The molecule has 5 heteroatoms. The van der Waals surface area contributed by atoms with Gasteiger partial charge in [-0.1, -0.05) is 19.8 Å². The van der Waals surface area contributed by atoms with Crippen molar-refractivity contribution in [2.75, 3.05) is 0 Å². The van der Waals surface area contributed by atoms with Crippen LogP contribution in [0.4, 0.5) is 0 Å². The van der Waals surface area contributed by atoms with Crippen LogP contribution in [0.5, 0.6) is 0 Å². The summed E-state index contributed by atoms with van der Waals surface area (Å²) in [7, 11) is 0.